The Morgan fingerprint density at radius 2 is 1.29 bits per heavy atom. The van der Waals surface area contributed by atoms with Crippen LogP contribution in [0.15, 0.2) is 24.3 Å². The van der Waals surface area contributed by atoms with E-state index in [0.717, 1.165) is 19.6 Å². The summed E-state index contributed by atoms with van der Waals surface area (Å²) in [4.78, 5) is 4.56. The first kappa shape index (κ1) is 13.4. The summed E-state index contributed by atoms with van der Waals surface area (Å²) in [5.41, 5.74) is 0. The molecule has 0 aromatic rings. The van der Waals surface area contributed by atoms with E-state index in [4.69, 9.17) is 0 Å². The van der Waals surface area contributed by atoms with Crippen molar-refractivity contribution >= 4 is 0 Å². The van der Waals surface area contributed by atoms with Gasteiger partial charge in [-0.1, -0.05) is 31.7 Å². The van der Waals surface area contributed by atoms with Crippen LogP contribution in [0.1, 0.15) is 13.8 Å². The molecule has 0 atom stereocenters. The van der Waals surface area contributed by atoms with Gasteiger partial charge in [-0.3, -0.25) is 4.90 Å². The van der Waals surface area contributed by atoms with E-state index in [0.29, 0.717) is 0 Å². The van der Waals surface area contributed by atoms with Crippen LogP contribution in [-0.2, 0) is 0 Å². The molecule has 0 aliphatic carbocycles. The van der Waals surface area contributed by atoms with Crippen molar-refractivity contribution in [1.29, 1.82) is 0 Å². The van der Waals surface area contributed by atoms with Gasteiger partial charge in [-0.15, -0.1) is 0 Å². The van der Waals surface area contributed by atoms with Crippen LogP contribution < -0.4 is 0 Å². The third-order valence-electron chi connectivity index (χ3n) is 2.26. The molecular weight excluding hydrogens is 172 g/mol. The highest BCUT2D eigenvalue weighted by molar-refractivity contribution is 4.93. The van der Waals surface area contributed by atoms with Crippen LogP contribution >= 0.6 is 0 Å². The maximum Gasteiger partial charge on any atom is 0.0163 e. The van der Waals surface area contributed by atoms with E-state index in [-0.39, 0.29) is 7.43 Å². The first-order valence-electron chi connectivity index (χ1n) is 4.96. The zero-order valence-corrected chi connectivity index (χ0v) is 8.74. The second-order valence-corrected chi connectivity index (χ2v) is 3.71. The molecule has 2 heteroatoms. The second kappa shape index (κ2) is 7.77. The molecule has 0 saturated carbocycles. The van der Waals surface area contributed by atoms with Gasteiger partial charge in [-0.05, 0) is 20.5 Å². The Morgan fingerprint density at radius 1 is 0.786 bits per heavy atom. The van der Waals surface area contributed by atoms with Crippen LogP contribution in [0, 0.1) is 0 Å². The van der Waals surface area contributed by atoms with Crippen LogP contribution in [0.3, 0.4) is 0 Å². The molecule has 0 aromatic carbocycles. The average molecular weight is 196 g/mol. The molecule has 2 nitrogen and oxygen atoms in total. The van der Waals surface area contributed by atoms with Crippen LogP contribution in [-0.4, -0.2) is 50.1 Å². The van der Waals surface area contributed by atoms with E-state index < -0.39 is 0 Å². The minimum absolute atomic E-state index is 0. The number of hydrogen-bond acceptors (Lipinski definition) is 2. The predicted octanol–water partition coefficient (Wildman–Crippen LogP) is 2.00. The normalized spacial score (nSPS) is 21.3. The molecule has 0 amide bonds. The largest absolute Gasteiger partial charge is 0.302 e. The van der Waals surface area contributed by atoms with Gasteiger partial charge < -0.3 is 4.90 Å². The van der Waals surface area contributed by atoms with E-state index >= 15 is 0 Å². The lowest BCUT2D eigenvalue weighted by Gasteiger charge is -2.15. The Hall–Kier alpha value is -0.600. The number of nitrogens with zero attached hydrogens (tertiary/aromatic N) is 2. The van der Waals surface area contributed by atoms with Crippen molar-refractivity contribution in [1.82, 2.24) is 9.80 Å². The quantitative estimate of drug-likeness (QED) is 0.547. The monoisotopic (exact) mass is 196 g/mol. The topological polar surface area (TPSA) is 6.48 Å². The van der Waals surface area contributed by atoms with Crippen LogP contribution in [0.4, 0.5) is 0 Å². The molecule has 2 aliphatic rings. The number of rotatable bonds is 0. The van der Waals surface area contributed by atoms with E-state index in [1.165, 1.54) is 13.0 Å². The molecule has 2 heterocycles. The molecule has 2 aliphatic heterocycles. The Bertz CT molecular complexity index is 177. The lowest BCUT2D eigenvalue weighted by molar-refractivity contribution is 0.366. The molecule has 0 saturated heterocycles. The molecule has 2 rings (SSSR count). The SMILES string of the molecule is C.CN1CC=CC1.CN1CC=CCC1. The van der Waals surface area contributed by atoms with Crippen molar-refractivity contribution in [3.05, 3.63) is 24.3 Å². The standard InChI is InChI=1S/C6H11N.C5H9N.CH4/c1-7-5-3-2-4-6-7;1-6-4-2-3-5-6;/h2-3H,4-6H2,1H3;2-3H,4-5H2,1H3;1H4. The number of hydrogen-bond donors (Lipinski definition) is 0. The molecule has 0 N–H and O–H groups in total. The minimum Gasteiger partial charge on any atom is -0.302 e. The summed E-state index contributed by atoms with van der Waals surface area (Å²) in [5.74, 6) is 0. The zero-order valence-electron chi connectivity index (χ0n) is 8.74. The summed E-state index contributed by atoms with van der Waals surface area (Å²) in [6.07, 6.45) is 10.0. The van der Waals surface area contributed by atoms with Crippen LogP contribution in [0.25, 0.3) is 0 Å². The molecule has 0 fully saturated rings. The maximum atomic E-state index is 2.31. The maximum absolute atomic E-state index is 2.31. The Labute approximate surface area is 88.9 Å². The second-order valence-electron chi connectivity index (χ2n) is 3.71. The summed E-state index contributed by atoms with van der Waals surface area (Å²) >= 11 is 0. The van der Waals surface area contributed by atoms with Gasteiger partial charge in [0.15, 0.2) is 0 Å². The van der Waals surface area contributed by atoms with Gasteiger partial charge in [0, 0.05) is 26.2 Å². The van der Waals surface area contributed by atoms with Crippen LogP contribution in [0.2, 0.25) is 0 Å². The highest BCUT2D eigenvalue weighted by Gasteiger charge is 1.95. The smallest absolute Gasteiger partial charge is 0.0163 e. The van der Waals surface area contributed by atoms with E-state index in [1.807, 2.05) is 0 Å². The fourth-order valence-corrected chi connectivity index (χ4v) is 1.34. The summed E-state index contributed by atoms with van der Waals surface area (Å²) in [6, 6.07) is 0. The van der Waals surface area contributed by atoms with Crippen molar-refractivity contribution in [2.24, 2.45) is 0 Å². The first-order valence-corrected chi connectivity index (χ1v) is 4.96. The zero-order chi connectivity index (χ0) is 9.52. The molecule has 0 unspecified atom stereocenters. The fourth-order valence-electron chi connectivity index (χ4n) is 1.34. The first-order chi connectivity index (χ1) is 6.29. The fraction of sp³-hybridized carbons (Fsp3) is 0.667. The summed E-state index contributed by atoms with van der Waals surface area (Å²) < 4.78 is 0. The molecule has 0 spiro atoms. The van der Waals surface area contributed by atoms with E-state index in [2.05, 4.69) is 48.2 Å². The molecule has 0 aromatic heterocycles. The summed E-state index contributed by atoms with van der Waals surface area (Å²) in [6.45, 7) is 4.65. The third-order valence-corrected chi connectivity index (χ3v) is 2.26. The van der Waals surface area contributed by atoms with Crippen molar-refractivity contribution in [3.8, 4) is 0 Å². The van der Waals surface area contributed by atoms with Crippen molar-refractivity contribution in [3.63, 3.8) is 0 Å². The Morgan fingerprint density at radius 3 is 1.50 bits per heavy atom. The summed E-state index contributed by atoms with van der Waals surface area (Å²) in [7, 11) is 4.25. The minimum atomic E-state index is 0. The van der Waals surface area contributed by atoms with Gasteiger partial charge in [-0.2, -0.15) is 0 Å². The van der Waals surface area contributed by atoms with Crippen LogP contribution in [0.5, 0.6) is 0 Å². The Kier molecular flexibility index (Phi) is 7.44. The highest BCUT2D eigenvalue weighted by Crippen LogP contribution is 1.95. The predicted molar refractivity (Wildman–Crippen MR) is 64.6 cm³/mol. The Balaban J connectivity index is 0.000000227. The molecule has 82 valence electrons. The van der Waals surface area contributed by atoms with Gasteiger partial charge in [0.2, 0.25) is 0 Å². The molecular formula is C12H24N2. The van der Waals surface area contributed by atoms with Gasteiger partial charge in [0.1, 0.15) is 0 Å². The van der Waals surface area contributed by atoms with Gasteiger partial charge in [0.05, 0.1) is 0 Å². The van der Waals surface area contributed by atoms with E-state index in [9.17, 15) is 0 Å². The lowest BCUT2D eigenvalue weighted by Crippen LogP contribution is -2.21. The molecule has 0 radical (unpaired) electrons. The highest BCUT2D eigenvalue weighted by atomic mass is 15.1. The average Bonchev–Trinajstić information content (AvgIpc) is 2.58. The number of likely N-dealkylation sites (N-methyl/N-ethyl adjacent to an activating group) is 2. The lowest BCUT2D eigenvalue weighted by atomic mass is 10.3. The van der Waals surface area contributed by atoms with Gasteiger partial charge >= 0.3 is 0 Å². The van der Waals surface area contributed by atoms with E-state index in [1.54, 1.807) is 0 Å². The van der Waals surface area contributed by atoms with Crippen molar-refractivity contribution in [2.45, 2.75) is 13.8 Å². The summed E-state index contributed by atoms with van der Waals surface area (Å²) in [5, 5.41) is 0. The van der Waals surface area contributed by atoms with Crippen molar-refractivity contribution < 1.29 is 0 Å². The molecule has 14 heavy (non-hydrogen) atoms. The van der Waals surface area contributed by atoms with Gasteiger partial charge in [0.25, 0.3) is 0 Å². The van der Waals surface area contributed by atoms with Gasteiger partial charge in [-0.25, -0.2) is 0 Å². The van der Waals surface area contributed by atoms with Crippen molar-refractivity contribution in [2.75, 3.05) is 40.3 Å². The molecule has 0 bridgehead atoms. The third kappa shape index (κ3) is 5.95.